The predicted molar refractivity (Wildman–Crippen MR) is 401 cm³/mol. The lowest BCUT2D eigenvalue weighted by Gasteiger charge is -2.24. The first-order valence-electron chi connectivity index (χ1n) is 32.9. The van der Waals surface area contributed by atoms with Gasteiger partial charge in [-0.3, -0.25) is 0 Å². The minimum absolute atomic E-state index is 0.537. The third-order valence-corrected chi connectivity index (χ3v) is 20.3. The van der Waals surface area contributed by atoms with Crippen molar-refractivity contribution in [1.82, 2.24) is 18.1 Å². The summed E-state index contributed by atoms with van der Waals surface area (Å²) >= 11 is 0. The molecule has 15 aromatic carbocycles. The molecule has 444 valence electrons. The van der Waals surface area contributed by atoms with Crippen LogP contribution in [0.25, 0.3) is 187 Å². The van der Waals surface area contributed by atoms with Gasteiger partial charge in [-0.05, 0) is 146 Å². The zero-order valence-electron chi connectivity index (χ0n) is 52.0. The van der Waals surface area contributed by atoms with Crippen LogP contribution in [0.15, 0.2) is 334 Å². The van der Waals surface area contributed by atoms with Crippen molar-refractivity contribution in [3.63, 3.8) is 0 Å². The number of rotatable bonds is 9. The molecule has 0 amide bonds. The monoisotopic (exact) mass is 1220 g/mol. The van der Waals surface area contributed by atoms with E-state index in [2.05, 4.69) is 358 Å². The van der Waals surface area contributed by atoms with Gasteiger partial charge < -0.3 is 18.1 Å². The number of nitriles is 1. The van der Waals surface area contributed by atoms with Crippen LogP contribution in [0.2, 0.25) is 0 Å². The Labute approximate surface area is 552 Å². The highest BCUT2D eigenvalue weighted by molar-refractivity contribution is 6.29. The Morgan fingerprint density at radius 3 is 0.812 bits per heavy atom. The van der Waals surface area contributed by atoms with Crippen LogP contribution in [0.4, 0.5) is 0 Å². The summed E-state index contributed by atoms with van der Waals surface area (Å²) in [6.45, 7) is 0. The third kappa shape index (κ3) is 7.91. The molecule has 96 heavy (non-hydrogen) atoms. The standard InChI is InChI=1S/C91H55N5/c92-56-78-88(93-80-44-38-63(57-22-7-1-8-23-57)50-72(80)73-51-64(39-45-81(73)93)58-24-9-2-10-25-58)90(95-84-48-42-67(61-30-15-5-16-31-61)54-76(84)77-55-68(43-49-85(77)95)62-32-17-6-18-33-62)86-71-36-21-35-70-69-34-19-20-37-79(69)96(87(70)71)91(86)89(78)94-82-46-40-65(59-26-11-3-12-27-59)52-74(82)75-53-66(41-47-83(75)94)60-28-13-4-14-29-60/h1-55H. The van der Waals surface area contributed by atoms with Crippen molar-refractivity contribution in [2.75, 3.05) is 0 Å². The van der Waals surface area contributed by atoms with E-state index in [-0.39, 0.29) is 0 Å². The van der Waals surface area contributed by atoms with E-state index < -0.39 is 0 Å². The van der Waals surface area contributed by atoms with Crippen molar-refractivity contribution in [3.05, 3.63) is 339 Å². The van der Waals surface area contributed by atoms with Crippen LogP contribution in [-0.4, -0.2) is 18.1 Å². The Kier molecular flexibility index (Phi) is 11.7. The molecule has 20 aromatic rings. The summed E-state index contributed by atoms with van der Waals surface area (Å²) in [6, 6.07) is 125. The second kappa shape index (κ2) is 21.0. The Morgan fingerprint density at radius 1 is 0.198 bits per heavy atom. The topological polar surface area (TPSA) is 43.0 Å². The van der Waals surface area contributed by atoms with E-state index in [1.165, 1.54) is 0 Å². The number of para-hydroxylation sites is 2. The van der Waals surface area contributed by atoms with Gasteiger partial charge in [0.15, 0.2) is 0 Å². The van der Waals surface area contributed by atoms with Crippen LogP contribution >= 0.6 is 0 Å². The zero-order valence-corrected chi connectivity index (χ0v) is 52.0. The predicted octanol–water partition coefficient (Wildman–Crippen LogP) is 24.0. The molecule has 5 heteroatoms. The first kappa shape index (κ1) is 53.6. The average molecular weight is 1220 g/mol. The summed E-state index contributed by atoms with van der Waals surface area (Å²) in [5, 5.41) is 24.4. The first-order chi connectivity index (χ1) is 47.6. The Hall–Kier alpha value is -13.0. The van der Waals surface area contributed by atoms with Crippen molar-refractivity contribution < 1.29 is 0 Å². The van der Waals surface area contributed by atoms with Gasteiger partial charge >= 0.3 is 0 Å². The lowest BCUT2D eigenvalue weighted by Crippen LogP contribution is -2.11. The summed E-state index contributed by atoms with van der Waals surface area (Å²) in [4.78, 5) is 0. The molecule has 20 rings (SSSR count). The van der Waals surface area contributed by atoms with E-state index in [1.807, 2.05) is 0 Å². The molecule has 0 atom stereocenters. The minimum Gasteiger partial charge on any atom is -0.306 e. The highest BCUT2D eigenvalue weighted by Crippen LogP contribution is 2.53. The van der Waals surface area contributed by atoms with Crippen LogP contribution < -0.4 is 0 Å². The molecular weight excluding hydrogens is 1160 g/mol. The molecule has 0 N–H and O–H groups in total. The van der Waals surface area contributed by atoms with Gasteiger partial charge in [-0.25, -0.2) is 0 Å². The van der Waals surface area contributed by atoms with Gasteiger partial charge in [-0.2, -0.15) is 5.26 Å². The third-order valence-electron chi connectivity index (χ3n) is 20.3. The molecule has 5 heterocycles. The van der Waals surface area contributed by atoms with Gasteiger partial charge in [0.1, 0.15) is 11.6 Å². The number of benzene rings is 15. The van der Waals surface area contributed by atoms with Gasteiger partial charge in [0.25, 0.3) is 0 Å². The van der Waals surface area contributed by atoms with Crippen molar-refractivity contribution in [1.29, 1.82) is 5.26 Å². The van der Waals surface area contributed by atoms with Crippen molar-refractivity contribution in [3.8, 4) is 89.9 Å². The molecule has 0 saturated heterocycles. The molecule has 0 aliphatic rings. The van der Waals surface area contributed by atoms with E-state index in [0.717, 1.165) is 187 Å². The second-order valence-electron chi connectivity index (χ2n) is 25.4. The lowest BCUT2D eigenvalue weighted by molar-refractivity contribution is 1.08. The highest BCUT2D eigenvalue weighted by atomic mass is 15.1. The number of aromatic nitrogens is 4. The van der Waals surface area contributed by atoms with Crippen LogP contribution in [0, 0.1) is 11.3 Å². The van der Waals surface area contributed by atoms with Gasteiger partial charge in [-0.1, -0.05) is 255 Å². The van der Waals surface area contributed by atoms with Crippen molar-refractivity contribution in [2.24, 2.45) is 0 Å². The Morgan fingerprint density at radius 2 is 0.479 bits per heavy atom. The van der Waals surface area contributed by atoms with E-state index in [4.69, 9.17) is 0 Å². The molecule has 0 bridgehead atoms. The zero-order chi connectivity index (χ0) is 63.1. The molecule has 5 nitrogen and oxygen atoms in total. The largest absolute Gasteiger partial charge is 0.306 e. The number of nitrogens with zero attached hydrogens (tertiary/aromatic N) is 5. The van der Waals surface area contributed by atoms with E-state index in [0.29, 0.717) is 5.56 Å². The second-order valence-corrected chi connectivity index (χ2v) is 25.4. The molecule has 0 unspecified atom stereocenters. The highest BCUT2D eigenvalue weighted by Gasteiger charge is 2.34. The normalized spacial score (nSPS) is 11.9. The first-order valence-corrected chi connectivity index (χ1v) is 32.9. The van der Waals surface area contributed by atoms with Crippen molar-refractivity contribution in [2.45, 2.75) is 0 Å². The molecule has 0 radical (unpaired) electrons. The van der Waals surface area contributed by atoms with Crippen LogP contribution in [0.1, 0.15) is 5.56 Å². The average Bonchev–Trinajstić information content (AvgIpc) is 1.50. The number of hydrogen-bond acceptors (Lipinski definition) is 1. The SMILES string of the molecule is N#Cc1c(-n2c3ccc(-c4ccccc4)cc3c3cc(-c4ccccc4)ccc32)c(-n2c3ccc(-c4ccccc4)cc3c3cc(-c4ccccc4)ccc32)c2c3cccc4c5ccccc5n(c2c1-n1c2ccc(-c5ccccc5)cc2c2cc(-c5ccccc5)ccc21)c43. The maximum Gasteiger partial charge on any atom is 0.104 e. The quantitative estimate of drug-likeness (QED) is 0.142. The lowest BCUT2D eigenvalue weighted by atomic mass is 9.99. The van der Waals surface area contributed by atoms with Gasteiger partial charge in [0.2, 0.25) is 0 Å². The maximum absolute atomic E-state index is 13.3. The fourth-order valence-corrected chi connectivity index (χ4v) is 16.0. The Balaban J connectivity index is 1.03. The molecule has 0 saturated carbocycles. The van der Waals surface area contributed by atoms with E-state index in [9.17, 15) is 5.26 Å². The summed E-state index contributed by atoms with van der Waals surface area (Å²) in [6.07, 6.45) is 0. The molecular formula is C91H55N5. The molecule has 5 aromatic heterocycles. The van der Waals surface area contributed by atoms with Crippen LogP contribution in [0.3, 0.4) is 0 Å². The summed E-state index contributed by atoms with van der Waals surface area (Å²) < 4.78 is 9.94. The summed E-state index contributed by atoms with van der Waals surface area (Å²) in [5.41, 5.74) is 25.7. The fourth-order valence-electron chi connectivity index (χ4n) is 16.0. The molecule has 0 spiro atoms. The van der Waals surface area contributed by atoms with Gasteiger partial charge in [0, 0.05) is 53.9 Å². The summed E-state index contributed by atoms with van der Waals surface area (Å²) in [7, 11) is 0. The van der Waals surface area contributed by atoms with Crippen molar-refractivity contribution >= 4 is 104 Å². The van der Waals surface area contributed by atoms with Gasteiger partial charge in [0.05, 0.1) is 66.7 Å². The van der Waals surface area contributed by atoms with Gasteiger partial charge in [-0.15, -0.1) is 0 Å². The van der Waals surface area contributed by atoms with E-state index >= 15 is 0 Å². The number of fused-ring (bicyclic) bond motifs is 15. The maximum atomic E-state index is 13.3. The van der Waals surface area contributed by atoms with E-state index in [1.54, 1.807) is 0 Å². The fraction of sp³-hybridized carbons (Fsp3) is 0. The molecule has 0 aliphatic heterocycles. The molecule has 0 fully saturated rings. The smallest absolute Gasteiger partial charge is 0.104 e. The Bertz CT molecular complexity index is 6300. The van der Waals surface area contributed by atoms with Crippen LogP contribution in [0.5, 0.6) is 0 Å². The minimum atomic E-state index is 0.537. The number of hydrogen-bond donors (Lipinski definition) is 0. The molecule has 0 aliphatic carbocycles. The summed E-state index contributed by atoms with van der Waals surface area (Å²) in [5.74, 6) is 0. The van der Waals surface area contributed by atoms with Crippen LogP contribution in [-0.2, 0) is 0 Å².